The van der Waals surface area contributed by atoms with Gasteiger partial charge in [0.1, 0.15) is 17.4 Å². The number of carbonyl (C=O) groups is 2. The molecule has 0 unspecified atom stereocenters. The van der Waals surface area contributed by atoms with E-state index in [-0.39, 0.29) is 18.0 Å². The van der Waals surface area contributed by atoms with Gasteiger partial charge in [-0.15, -0.1) is 22.7 Å². The summed E-state index contributed by atoms with van der Waals surface area (Å²) in [6.07, 6.45) is 2.20. The maximum absolute atomic E-state index is 13.0. The van der Waals surface area contributed by atoms with Crippen molar-refractivity contribution in [1.82, 2.24) is 20.2 Å². The number of rotatable bonds is 7. The first-order chi connectivity index (χ1) is 13.4. The van der Waals surface area contributed by atoms with Crippen molar-refractivity contribution in [3.8, 4) is 10.4 Å². The highest BCUT2D eigenvalue weighted by atomic mass is 32.1. The van der Waals surface area contributed by atoms with E-state index in [1.807, 2.05) is 31.4 Å². The summed E-state index contributed by atoms with van der Waals surface area (Å²) in [6.45, 7) is 5.95. The van der Waals surface area contributed by atoms with Crippen molar-refractivity contribution in [3.05, 3.63) is 39.1 Å². The summed E-state index contributed by atoms with van der Waals surface area (Å²) in [6, 6.07) is 3.33. The Morgan fingerprint density at radius 2 is 2.11 bits per heavy atom. The molecule has 3 heterocycles. The van der Waals surface area contributed by atoms with Crippen LogP contribution < -0.4 is 16.2 Å². The molecule has 3 rings (SSSR count). The first-order valence-corrected chi connectivity index (χ1v) is 10.7. The first-order valence-electron chi connectivity index (χ1n) is 9.01. The highest BCUT2D eigenvalue weighted by Crippen LogP contribution is 2.34. The van der Waals surface area contributed by atoms with Crippen molar-refractivity contribution in [3.63, 3.8) is 0 Å². The predicted octanol–water partition coefficient (Wildman–Crippen LogP) is 2.53. The zero-order valence-electron chi connectivity index (χ0n) is 15.9. The van der Waals surface area contributed by atoms with E-state index >= 15 is 0 Å². The molecule has 28 heavy (non-hydrogen) atoms. The van der Waals surface area contributed by atoms with Crippen LogP contribution in [0, 0.1) is 6.92 Å². The summed E-state index contributed by atoms with van der Waals surface area (Å²) in [5.41, 5.74) is 0.586. The molecule has 0 fully saturated rings. The minimum atomic E-state index is -0.669. The minimum absolute atomic E-state index is 0.189. The number of aromatic nitrogens is 2. The molecule has 0 saturated heterocycles. The Balaban J connectivity index is 1.80. The van der Waals surface area contributed by atoms with Crippen molar-refractivity contribution >= 4 is 44.7 Å². The second kappa shape index (κ2) is 8.66. The Morgan fingerprint density at radius 3 is 2.79 bits per heavy atom. The zero-order chi connectivity index (χ0) is 20.3. The number of thiophene rings is 2. The van der Waals surface area contributed by atoms with Crippen LogP contribution in [0.25, 0.3) is 20.7 Å². The summed E-state index contributed by atoms with van der Waals surface area (Å²) in [5.74, 6) is -0.657. The molecule has 0 aliphatic rings. The van der Waals surface area contributed by atoms with Crippen LogP contribution in [0.2, 0.25) is 0 Å². The Morgan fingerprint density at radius 1 is 1.32 bits per heavy atom. The molecule has 0 saturated carbocycles. The third kappa shape index (κ3) is 4.31. The summed E-state index contributed by atoms with van der Waals surface area (Å²) in [7, 11) is 0. The lowest BCUT2D eigenvalue weighted by molar-refractivity contribution is -0.128. The monoisotopic (exact) mass is 418 g/mol. The van der Waals surface area contributed by atoms with Gasteiger partial charge in [0.25, 0.3) is 5.56 Å². The van der Waals surface area contributed by atoms with Crippen molar-refractivity contribution in [2.75, 3.05) is 6.54 Å². The number of nitrogens with zero attached hydrogens (tertiary/aromatic N) is 2. The van der Waals surface area contributed by atoms with Crippen LogP contribution in [-0.4, -0.2) is 34.0 Å². The lowest BCUT2D eigenvalue weighted by Gasteiger charge is -2.14. The molecular formula is C19H22N4O3S2. The average molecular weight is 419 g/mol. The first kappa shape index (κ1) is 20.2. The van der Waals surface area contributed by atoms with Gasteiger partial charge in [-0.2, -0.15) is 0 Å². The Bertz CT molecular complexity index is 1070. The number of hydrogen-bond acceptors (Lipinski definition) is 6. The molecule has 0 aromatic carbocycles. The fourth-order valence-corrected chi connectivity index (χ4v) is 4.61. The standard InChI is InChI=1S/C19H22N4O3S2/c1-4-7-20-17(25)12(3)22-15(24)8-23-10-21-18-16(19(23)26)13(9-27-18)14-6-5-11(2)28-14/h5-6,9-10,12H,4,7-8H2,1-3H3,(H,20,25)(H,22,24)/t12-/m1/s1. The number of hydrogen-bond donors (Lipinski definition) is 2. The Kier molecular flexibility index (Phi) is 6.25. The van der Waals surface area contributed by atoms with Gasteiger partial charge < -0.3 is 10.6 Å². The number of aryl methyl sites for hydroxylation is 1. The molecule has 1 atom stereocenters. The SMILES string of the molecule is CCCNC(=O)[C@@H](C)NC(=O)Cn1cnc2scc(-c3ccc(C)s3)c2c1=O. The zero-order valence-corrected chi connectivity index (χ0v) is 17.6. The highest BCUT2D eigenvalue weighted by Gasteiger charge is 2.18. The quantitative estimate of drug-likeness (QED) is 0.617. The van der Waals surface area contributed by atoms with E-state index in [1.165, 1.54) is 22.2 Å². The third-order valence-corrected chi connectivity index (χ3v) is 6.12. The second-order valence-electron chi connectivity index (χ2n) is 6.50. The predicted molar refractivity (Wildman–Crippen MR) is 113 cm³/mol. The molecule has 0 radical (unpaired) electrons. The van der Waals surface area contributed by atoms with Crippen LogP contribution in [0.5, 0.6) is 0 Å². The van der Waals surface area contributed by atoms with E-state index in [4.69, 9.17) is 0 Å². The fraction of sp³-hybridized carbons (Fsp3) is 0.368. The minimum Gasteiger partial charge on any atom is -0.354 e. The number of fused-ring (bicyclic) bond motifs is 1. The summed E-state index contributed by atoms with van der Waals surface area (Å²) in [4.78, 5) is 44.3. The molecule has 148 valence electrons. The number of carbonyl (C=O) groups excluding carboxylic acids is 2. The van der Waals surface area contributed by atoms with Crippen molar-refractivity contribution in [2.45, 2.75) is 39.8 Å². The smallest absolute Gasteiger partial charge is 0.263 e. The largest absolute Gasteiger partial charge is 0.354 e. The topological polar surface area (TPSA) is 93.1 Å². The Hall–Kier alpha value is -2.52. The van der Waals surface area contributed by atoms with E-state index in [2.05, 4.69) is 15.6 Å². The molecule has 9 heteroatoms. The van der Waals surface area contributed by atoms with Gasteiger partial charge in [0, 0.05) is 27.2 Å². The maximum Gasteiger partial charge on any atom is 0.263 e. The van der Waals surface area contributed by atoms with E-state index in [0.717, 1.165) is 21.7 Å². The van der Waals surface area contributed by atoms with E-state index in [9.17, 15) is 14.4 Å². The highest BCUT2D eigenvalue weighted by molar-refractivity contribution is 7.19. The molecule has 0 spiro atoms. The fourth-order valence-electron chi connectivity index (χ4n) is 2.75. The average Bonchev–Trinajstić information content (AvgIpc) is 3.28. The van der Waals surface area contributed by atoms with Gasteiger partial charge in [0.2, 0.25) is 11.8 Å². The molecule has 3 aromatic heterocycles. The molecule has 0 bridgehead atoms. The summed E-state index contributed by atoms with van der Waals surface area (Å²) >= 11 is 3.02. The van der Waals surface area contributed by atoms with Gasteiger partial charge in [0.15, 0.2) is 0 Å². The van der Waals surface area contributed by atoms with E-state index in [1.54, 1.807) is 18.3 Å². The second-order valence-corrected chi connectivity index (χ2v) is 8.64. The van der Waals surface area contributed by atoms with Crippen LogP contribution >= 0.6 is 22.7 Å². The molecule has 2 amide bonds. The van der Waals surface area contributed by atoms with E-state index < -0.39 is 11.9 Å². The van der Waals surface area contributed by atoms with Crippen LogP contribution in [0.3, 0.4) is 0 Å². The van der Waals surface area contributed by atoms with Crippen LogP contribution in [0.15, 0.2) is 28.6 Å². The van der Waals surface area contributed by atoms with Gasteiger partial charge >= 0.3 is 0 Å². The van der Waals surface area contributed by atoms with Gasteiger partial charge in [-0.25, -0.2) is 4.98 Å². The molecule has 0 aliphatic heterocycles. The van der Waals surface area contributed by atoms with Crippen molar-refractivity contribution in [1.29, 1.82) is 0 Å². The van der Waals surface area contributed by atoms with Gasteiger partial charge in [-0.1, -0.05) is 6.92 Å². The van der Waals surface area contributed by atoms with Gasteiger partial charge in [0.05, 0.1) is 11.7 Å². The van der Waals surface area contributed by atoms with Crippen molar-refractivity contribution < 1.29 is 9.59 Å². The third-order valence-electron chi connectivity index (χ3n) is 4.20. The number of amides is 2. The van der Waals surface area contributed by atoms with Crippen LogP contribution in [0.4, 0.5) is 0 Å². The molecule has 7 nitrogen and oxygen atoms in total. The summed E-state index contributed by atoms with van der Waals surface area (Å²) < 4.78 is 1.28. The van der Waals surface area contributed by atoms with Crippen molar-refractivity contribution in [2.24, 2.45) is 0 Å². The van der Waals surface area contributed by atoms with Gasteiger partial charge in [-0.05, 0) is 32.4 Å². The molecular weight excluding hydrogens is 396 g/mol. The molecule has 0 aliphatic carbocycles. The lowest BCUT2D eigenvalue weighted by Crippen LogP contribution is -2.46. The van der Waals surface area contributed by atoms with Crippen LogP contribution in [0.1, 0.15) is 25.1 Å². The lowest BCUT2D eigenvalue weighted by atomic mass is 10.2. The molecule has 2 N–H and O–H groups in total. The van der Waals surface area contributed by atoms with Gasteiger partial charge in [-0.3, -0.25) is 19.0 Å². The summed E-state index contributed by atoms with van der Waals surface area (Å²) in [5, 5.41) is 7.80. The normalized spacial score (nSPS) is 12.1. The maximum atomic E-state index is 13.0. The number of nitrogens with one attached hydrogen (secondary N) is 2. The molecule has 3 aromatic rings. The van der Waals surface area contributed by atoms with E-state index in [0.29, 0.717) is 16.8 Å². The van der Waals surface area contributed by atoms with Crippen LogP contribution in [-0.2, 0) is 16.1 Å². The Labute approximate surface area is 170 Å².